The van der Waals surface area contributed by atoms with Crippen molar-refractivity contribution in [1.29, 1.82) is 5.41 Å². The number of rotatable bonds is 10. The molecule has 7 rings (SSSR count). The highest BCUT2D eigenvalue weighted by atomic mass is 14.6. The Morgan fingerprint density at radius 1 is 0.588 bits per heavy atom. The molecule has 0 atom stereocenters. The predicted molar refractivity (Wildman–Crippen MR) is 222 cm³/mol. The molecule has 0 aliphatic heterocycles. The number of nitrogens with one attached hydrogen (secondary N) is 1. The minimum atomic E-state index is 0.612. The van der Waals surface area contributed by atoms with Crippen LogP contribution in [-0.2, 0) is 0 Å². The van der Waals surface area contributed by atoms with Gasteiger partial charge in [-0.15, -0.1) is 0 Å². The van der Waals surface area contributed by atoms with Crippen molar-refractivity contribution >= 4 is 44.6 Å². The van der Waals surface area contributed by atoms with Crippen molar-refractivity contribution < 1.29 is 0 Å². The molecule has 0 saturated heterocycles. The molecule has 2 nitrogen and oxygen atoms in total. The van der Waals surface area contributed by atoms with E-state index in [2.05, 4.69) is 153 Å². The first kappa shape index (κ1) is 33.0. The van der Waals surface area contributed by atoms with Gasteiger partial charge in [0.2, 0.25) is 0 Å². The first-order valence-corrected chi connectivity index (χ1v) is 17.4. The van der Waals surface area contributed by atoms with Crippen molar-refractivity contribution in [3.05, 3.63) is 199 Å². The van der Waals surface area contributed by atoms with Crippen LogP contribution in [0.3, 0.4) is 0 Å². The highest BCUT2D eigenvalue weighted by Crippen LogP contribution is 2.45. The van der Waals surface area contributed by atoms with Crippen molar-refractivity contribution in [1.82, 2.24) is 0 Å². The average molecular weight is 657 g/mol. The first-order valence-electron chi connectivity index (χ1n) is 17.4. The summed E-state index contributed by atoms with van der Waals surface area (Å²) < 4.78 is 0. The maximum Gasteiger partial charge on any atom is 0.0394 e. The zero-order valence-electron chi connectivity index (χ0n) is 28.8. The molecule has 0 aromatic heterocycles. The van der Waals surface area contributed by atoms with E-state index in [1.165, 1.54) is 50.0 Å². The standard InChI is InChI=1S/C49H40N2/c1-3-16-35(36-17-8-5-9-18-36)26-25-34(4-2)46(33-50)44-31-40(28-30-47(44)51)39-27-29-43-45(32-39)49(38-21-12-7-13-22-38)42-24-15-14-23-41(42)48(43)37-19-10-6-11-20-37/h4-33,50H,2-3,51H2,1H3/b26-25-,35-16+,46-34-,50-33?. The van der Waals surface area contributed by atoms with Crippen LogP contribution in [0, 0.1) is 5.41 Å². The van der Waals surface area contributed by atoms with E-state index in [1.54, 1.807) is 6.08 Å². The third-order valence-corrected chi connectivity index (χ3v) is 9.47. The fraction of sp³-hybridized carbons (Fsp3) is 0.0408. The van der Waals surface area contributed by atoms with E-state index < -0.39 is 0 Å². The Hall–Kier alpha value is -6.51. The highest BCUT2D eigenvalue weighted by molar-refractivity contribution is 6.22. The molecule has 0 aliphatic carbocycles. The Kier molecular flexibility index (Phi) is 9.67. The number of allylic oxidation sites excluding steroid dienone is 7. The van der Waals surface area contributed by atoms with Gasteiger partial charge in [-0.05, 0) is 96.3 Å². The van der Waals surface area contributed by atoms with E-state index in [4.69, 9.17) is 11.1 Å². The van der Waals surface area contributed by atoms with E-state index in [9.17, 15) is 0 Å². The number of hydrogen-bond donors (Lipinski definition) is 2. The number of benzene rings is 7. The molecule has 0 bridgehead atoms. The van der Waals surface area contributed by atoms with E-state index >= 15 is 0 Å². The zero-order valence-corrected chi connectivity index (χ0v) is 28.8. The molecule has 2 heteroatoms. The lowest BCUT2D eigenvalue weighted by Crippen LogP contribution is -1.98. The minimum absolute atomic E-state index is 0.612. The summed E-state index contributed by atoms with van der Waals surface area (Å²) in [5, 5.41) is 13.3. The molecular formula is C49H40N2. The normalized spacial score (nSPS) is 12.3. The molecule has 0 fully saturated rings. The molecule has 0 unspecified atom stereocenters. The second kappa shape index (κ2) is 14.9. The topological polar surface area (TPSA) is 49.9 Å². The van der Waals surface area contributed by atoms with Crippen LogP contribution in [0.2, 0.25) is 0 Å². The van der Waals surface area contributed by atoms with Gasteiger partial charge in [-0.1, -0.05) is 171 Å². The van der Waals surface area contributed by atoms with Crippen LogP contribution < -0.4 is 5.73 Å². The lowest BCUT2D eigenvalue weighted by atomic mass is 9.84. The van der Waals surface area contributed by atoms with E-state index in [0.29, 0.717) is 11.3 Å². The molecule has 0 aliphatic rings. The third kappa shape index (κ3) is 6.60. The van der Waals surface area contributed by atoms with Crippen LogP contribution >= 0.6 is 0 Å². The summed E-state index contributed by atoms with van der Waals surface area (Å²) >= 11 is 0. The van der Waals surface area contributed by atoms with E-state index in [-0.39, 0.29) is 0 Å². The van der Waals surface area contributed by atoms with Gasteiger partial charge >= 0.3 is 0 Å². The van der Waals surface area contributed by atoms with Gasteiger partial charge in [0, 0.05) is 23.0 Å². The monoisotopic (exact) mass is 656 g/mol. The van der Waals surface area contributed by atoms with Gasteiger partial charge in [0.1, 0.15) is 0 Å². The molecule has 0 radical (unpaired) electrons. The molecule has 7 aromatic carbocycles. The Morgan fingerprint density at radius 2 is 1.12 bits per heavy atom. The second-order valence-corrected chi connectivity index (χ2v) is 12.6. The summed E-state index contributed by atoms with van der Waals surface area (Å²) in [5.41, 5.74) is 18.8. The van der Waals surface area contributed by atoms with E-state index in [0.717, 1.165) is 39.8 Å². The van der Waals surface area contributed by atoms with Crippen molar-refractivity contribution in [3.8, 4) is 33.4 Å². The van der Waals surface area contributed by atoms with Gasteiger partial charge in [0.05, 0.1) is 0 Å². The Morgan fingerprint density at radius 3 is 1.71 bits per heavy atom. The Labute approximate surface area is 300 Å². The average Bonchev–Trinajstić information content (AvgIpc) is 3.19. The highest BCUT2D eigenvalue weighted by Gasteiger charge is 2.18. The van der Waals surface area contributed by atoms with Gasteiger partial charge in [-0.25, -0.2) is 0 Å². The molecular weight excluding hydrogens is 617 g/mol. The molecule has 3 N–H and O–H groups in total. The Balaban J connectivity index is 1.41. The maximum absolute atomic E-state index is 8.51. The smallest absolute Gasteiger partial charge is 0.0394 e. The Bertz CT molecular complexity index is 2470. The minimum Gasteiger partial charge on any atom is -0.398 e. The number of nitrogens with two attached hydrogens (primary N) is 1. The van der Waals surface area contributed by atoms with Gasteiger partial charge in [0.25, 0.3) is 0 Å². The van der Waals surface area contributed by atoms with Crippen LogP contribution in [0.1, 0.15) is 24.5 Å². The second-order valence-electron chi connectivity index (χ2n) is 12.6. The fourth-order valence-electron chi connectivity index (χ4n) is 7.06. The number of anilines is 1. The van der Waals surface area contributed by atoms with Crippen LogP contribution in [0.5, 0.6) is 0 Å². The zero-order chi connectivity index (χ0) is 35.2. The molecule has 0 heterocycles. The lowest BCUT2D eigenvalue weighted by Gasteiger charge is -2.19. The van der Waals surface area contributed by atoms with Crippen LogP contribution in [0.15, 0.2) is 188 Å². The van der Waals surface area contributed by atoms with Crippen molar-refractivity contribution in [3.63, 3.8) is 0 Å². The van der Waals surface area contributed by atoms with Crippen LogP contribution in [0.4, 0.5) is 5.69 Å². The fourth-order valence-corrected chi connectivity index (χ4v) is 7.06. The molecule has 0 saturated carbocycles. The quantitative estimate of drug-likeness (QED) is 0.0654. The number of nitrogen functional groups attached to an aromatic ring is 1. The first-order chi connectivity index (χ1) is 25.1. The van der Waals surface area contributed by atoms with Gasteiger partial charge < -0.3 is 11.1 Å². The third-order valence-electron chi connectivity index (χ3n) is 9.47. The molecule has 246 valence electrons. The lowest BCUT2D eigenvalue weighted by molar-refractivity contribution is 1.23. The van der Waals surface area contributed by atoms with Gasteiger partial charge in [-0.2, -0.15) is 0 Å². The SMILES string of the molecule is C=CC(/C=C\C(=C/CC)c1ccccc1)=C(\C=N)c1cc(-c2ccc3c(-c4ccccc4)c4ccccc4c(-c4ccccc4)c3c2)ccc1N. The number of fused-ring (bicyclic) bond motifs is 2. The van der Waals surface area contributed by atoms with Crippen LogP contribution in [-0.4, -0.2) is 6.21 Å². The summed E-state index contributed by atoms with van der Waals surface area (Å²) in [4.78, 5) is 0. The van der Waals surface area contributed by atoms with Crippen LogP contribution in [0.25, 0.3) is 66.1 Å². The molecule has 0 spiro atoms. The molecule has 0 amide bonds. The summed E-state index contributed by atoms with van der Waals surface area (Å²) in [7, 11) is 0. The largest absolute Gasteiger partial charge is 0.398 e. The number of hydrogen-bond acceptors (Lipinski definition) is 2. The van der Waals surface area contributed by atoms with Crippen molar-refractivity contribution in [2.45, 2.75) is 13.3 Å². The van der Waals surface area contributed by atoms with Crippen molar-refractivity contribution in [2.75, 3.05) is 5.73 Å². The summed E-state index contributed by atoms with van der Waals surface area (Å²) in [6, 6.07) is 53.3. The summed E-state index contributed by atoms with van der Waals surface area (Å²) in [5.74, 6) is 0. The summed E-state index contributed by atoms with van der Waals surface area (Å²) in [6.45, 7) is 6.26. The van der Waals surface area contributed by atoms with E-state index in [1.807, 2.05) is 30.3 Å². The van der Waals surface area contributed by atoms with Gasteiger partial charge in [0.15, 0.2) is 0 Å². The molecule has 7 aromatic rings. The maximum atomic E-state index is 8.51. The van der Waals surface area contributed by atoms with Crippen molar-refractivity contribution in [2.24, 2.45) is 0 Å². The summed E-state index contributed by atoms with van der Waals surface area (Å²) in [6.07, 6.45) is 10.4. The van der Waals surface area contributed by atoms with Gasteiger partial charge in [-0.3, -0.25) is 0 Å². The molecule has 51 heavy (non-hydrogen) atoms. The predicted octanol–water partition coefficient (Wildman–Crippen LogP) is 13.2.